The molecule has 2 aromatic rings. The molecule has 1 N–H and O–H groups in total. The highest BCUT2D eigenvalue weighted by Crippen LogP contribution is 2.37. The van der Waals surface area contributed by atoms with E-state index in [-0.39, 0.29) is 5.69 Å². The lowest BCUT2D eigenvalue weighted by Crippen LogP contribution is -2.20. The SMILES string of the molecule is COc1cccc(OCC(=O)Nc2ccc([N+](=O)[O-])c(C(F)(F)F)c2)c1. The standard InChI is InChI=1S/C16H13F3N2O5/c1-25-11-3-2-4-12(8-11)26-9-15(22)20-10-5-6-14(21(23)24)13(7-10)16(17,18)19/h2-8H,9H2,1H3,(H,20,22). The Balaban J connectivity index is 2.07. The fourth-order valence-electron chi connectivity index (χ4n) is 2.04. The van der Waals surface area contributed by atoms with E-state index in [0.29, 0.717) is 23.6 Å². The van der Waals surface area contributed by atoms with Gasteiger partial charge in [0.05, 0.1) is 12.0 Å². The number of nitrogens with zero attached hydrogens (tertiary/aromatic N) is 1. The summed E-state index contributed by atoms with van der Waals surface area (Å²) in [6.45, 7) is -0.467. The molecule has 0 saturated heterocycles. The number of benzene rings is 2. The van der Waals surface area contributed by atoms with E-state index in [1.807, 2.05) is 0 Å². The Morgan fingerprint density at radius 2 is 1.88 bits per heavy atom. The lowest BCUT2D eigenvalue weighted by Gasteiger charge is -2.11. The van der Waals surface area contributed by atoms with Crippen LogP contribution in [0, 0.1) is 10.1 Å². The number of carbonyl (C=O) groups is 1. The largest absolute Gasteiger partial charge is 0.497 e. The van der Waals surface area contributed by atoms with E-state index in [9.17, 15) is 28.1 Å². The number of hydrogen-bond acceptors (Lipinski definition) is 5. The molecule has 0 saturated carbocycles. The predicted molar refractivity (Wildman–Crippen MR) is 85.2 cm³/mol. The number of nitro benzene ring substituents is 1. The molecular weight excluding hydrogens is 357 g/mol. The van der Waals surface area contributed by atoms with Crippen molar-refractivity contribution in [1.82, 2.24) is 0 Å². The smallest absolute Gasteiger partial charge is 0.423 e. The number of nitro groups is 1. The zero-order chi connectivity index (χ0) is 19.3. The molecule has 1 amide bonds. The van der Waals surface area contributed by atoms with Gasteiger partial charge < -0.3 is 14.8 Å². The van der Waals surface area contributed by atoms with Crippen LogP contribution in [0.5, 0.6) is 11.5 Å². The summed E-state index contributed by atoms with van der Waals surface area (Å²) >= 11 is 0. The molecule has 0 unspecified atom stereocenters. The van der Waals surface area contributed by atoms with Gasteiger partial charge in [-0.25, -0.2) is 0 Å². The summed E-state index contributed by atoms with van der Waals surface area (Å²) in [7, 11) is 1.46. The summed E-state index contributed by atoms with van der Waals surface area (Å²) in [4.78, 5) is 21.4. The predicted octanol–water partition coefficient (Wildman–Crippen LogP) is 3.64. The van der Waals surface area contributed by atoms with Gasteiger partial charge in [0.1, 0.15) is 17.1 Å². The highest BCUT2D eigenvalue weighted by molar-refractivity contribution is 5.92. The van der Waals surface area contributed by atoms with E-state index < -0.39 is 34.9 Å². The molecule has 2 aromatic carbocycles. The van der Waals surface area contributed by atoms with E-state index in [2.05, 4.69) is 5.32 Å². The molecule has 10 heteroatoms. The molecule has 138 valence electrons. The van der Waals surface area contributed by atoms with Gasteiger partial charge in [-0.2, -0.15) is 13.2 Å². The van der Waals surface area contributed by atoms with Crippen LogP contribution >= 0.6 is 0 Å². The Morgan fingerprint density at radius 3 is 2.50 bits per heavy atom. The Kier molecular flexibility index (Phi) is 5.65. The van der Waals surface area contributed by atoms with Crippen LogP contribution in [-0.4, -0.2) is 24.5 Å². The molecule has 7 nitrogen and oxygen atoms in total. The van der Waals surface area contributed by atoms with E-state index in [1.165, 1.54) is 13.2 Å². The summed E-state index contributed by atoms with van der Waals surface area (Å²) in [6.07, 6.45) is -4.93. The van der Waals surface area contributed by atoms with Crippen LogP contribution in [0.3, 0.4) is 0 Å². The first-order valence-corrected chi connectivity index (χ1v) is 7.13. The summed E-state index contributed by atoms with van der Waals surface area (Å²) < 4.78 is 48.9. The van der Waals surface area contributed by atoms with Crippen molar-refractivity contribution in [2.45, 2.75) is 6.18 Å². The monoisotopic (exact) mass is 370 g/mol. The van der Waals surface area contributed by atoms with Crippen molar-refractivity contribution in [3.8, 4) is 11.5 Å². The molecule has 0 aliphatic heterocycles. The third kappa shape index (κ3) is 4.85. The van der Waals surface area contributed by atoms with Gasteiger partial charge in [0.25, 0.3) is 11.6 Å². The fourth-order valence-corrected chi connectivity index (χ4v) is 2.04. The Morgan fingerprint density at radius 1 is 1.19 bits per heavy atom. The van der Waals surface area contributed by atoms with Gasteiger partial charge in [-0.05, 0) is 24.3 Å². The van der Waals surface area contributed by atoms with Crippen LogP contribution in [-0.2, 0) is 11.0 Å². The van der Waals surface area contributed by atoms with Crippen LogP contribution in [0.1, 0.15) is 5.56 Å². The van der Waals surface area contributed by atoms with Gasteiger partial charge >= 0.3 is 6.18 Å². The summed E-state index contributed by atoms with van der Waals surface area (Å²) in [5, 5.41) is 12.9. The minimum Gasteiger partial charge on any atom is -0.497 e. The second-order valence-corrected chi connectivity index (χ2v) is 5.00. The molecule has 0 spiro atoms. The Hall–Kier alpha value is -3.30. The van der Waals surface area contributed by atoms with Crippen molar-refractivity contribution in [2.75, 3.05) is 19.0 Å². The topological polar surface area (TPSA) is 90.7 Å². The van der Waals surface area contributed by atoms with Crippen LogP contribution in [0.25, 0.3) is 0 Å². The molecule has 0 atom stereocenters. The quantitative estimate of drug-likeness (QED) is 0.619. The summed E-state index contributed by atoms with van der Waals surface area (Å²) in [6, 6.07) is 8.60. The Bertz CT molecular complexity index is 824. The van der Waals surface area contributed by atoms with E-state index >= 15 is 0 Å². The lowest BCUT2D eigenvalue weighted by molar-refractivity contribution is -0.388. The van der Waals surface area contributed by atoms with Gasteiger partial charge in [0.2, 0.25) is 0 Å². The van der Waals surface area contributed by atoms with Gasteiger partial charge in [-0.3, -0.25) is 14.9 Å². The average molecular weight is 370 g/mol. The number of alkyl halides is 3. The average Bonchev–Trinajstić information content (AvgIpc) is 2.59. The molecule has 0 radical (unpaired) electrons. The van der Waals surface area contributed by atoms with Crippen molar-refractivity contribution >= 4 is 17.3 Å². The van der Waals surface area contributed by atoms with E-state index in [1.54, 1.807) is 18.2 Å². The number of ether oxygens (including phenoxy) is 2. The number of rotatable bonds is 6. The van der Waals surface area contributed by atoms with Crippen molar-refractivity contribution in [1.29, 1.82) is 0 Å². The zero-order valence-electron chi connectivity index (χ0n) is 13.4. The van der Waals surface area contributed by atoms with Gasteiger partial charge in [-0.1, -0.05) is 6.07 Å². The van der Waals surface area contributed by atoms with Crippen molar-refractivity contribution in [3.63, 3.8) is 0 Å². The molecule has 26 heavy (non-hydrogen) atoms. The minimum absolute atomic E-state index is 0.234. The molecule has 0 aliphatic carbocycles. The van der Waals surface area contributed by atoms with Crippen molar-refractivity contribution in [2.24, 2.45) is 0 Å². The highest BCUT2D eigenvalue weighted by Gasteiger charge is 2.38. The number of hydrogen-bond donors (Lipinski definition) is 1. The van der Waals surface area contributed by atoms with Crippen molar-refractivity contribution in [3.05, 3.63) is 58.1 Å². The molecular formula is C16H13F3N2O5. The molecule has 0 heterocycles. The molecule has 2 rings (SSSR count). The fraction of sp³-hybridized carbons (Fsp3) is 0.188. The zero-order valence-corrected chi connectivity index (χ0v) is 13.4. The van der Waals surface area contributed by atoms with Crippen molar-refractivity contribution < 1.29 is 32.4 Å². The Labute approximate surface area is 145 Å². The normalized spacial score (nSPS) is 10.9. The number of amides is 1. The highest BCUT2D eigenvalue weighted by atomic mass is 19.4. The van der Waals surface area contributed by atoms with Gasteiger partial charge in [-0.15, -0.1) is 0 Å². The summed E-state index contributed by atoms with van der Waals surface area (Å²) in [5.41, 5.74) is -2.78. The third-order valence-electron chi connectivity index (χ3n) is 3.19. The lowest BCUT2D eigenvalue weighted by atomic mass is 10.1. The maximum atomic E-state index is 12.9. The molecule has 0 fully saturated rings. The van der Waals surface area contributed by atoms with Crippen LogP contribution in [0.4, 0.5) is 24.5 Å². The maximum Gasteiger partial charge on any atom is 0.423 e. The third-order valence-corrected chi connectivity index (χ3v) is 3.19. The minimum atomic E-state index is -4.93. The maximum absolute atomic E-state index is 12.9. The van der Waals surface area contributed by atoms with E-state index in [0.717, 1.165) is 6.07 Å². The van der Waals surface area contributed by atoms with Crippen LogP contribution < -0.4 is 14.8 Å². The number of methoxy groups -OCH3 is 1. The first-order valence-electron chi connectivity index (χ1n) is 7.13. The van der Waals surface area contributed by atoms with Crippen LogP contribution in [0.15, 0.2) is 42.5 Å². The second-order valence-electron chi connectivity index (χ2n) is 5.00. The van der Waals surface area contributed by atoms with E-state index in [4.69, 9.17) is 9.47 Å². The second kappa shape index (κ2) is 7.72. The molecule has 0 bridgehead atoms. The van der Waals surface area contributed by atoms with Crippen LogP contribution in [0.2, 0.25) is 0 Å². The first-order chi connectivity index (χ1) is 12.2. The summed E-state index contributed by atoms with van der Waals surface area (Å²) in [5.74, 6) is 0.113. The number of anilines is 1. The molecule has 0 aliphatic rings. The first kappa shape index (κ1) is 19.0. The van der Waals surface area contributed by atoms with Gasteiger partial charge in [0.15, 0.2) is 6.61 Å². The number of nitrogens with one attached hydrogen (secondary N) is 1. The number of carbonyl (C=O) groups excluding carboxylic acids is 1. The van der Waals surface area contributed by atoms with Gasteiger partial charge in [0, 0.05) is 17.8 Å². The molecule has 0 aromatic heterocycles. The number of halogens is 3.